The molecule has 2 fully saturated rings. The van der Waals surface area contributed by atoms with Crippen LogP contribution in [0.4, 0.5) is 4.79 Å². The van der Waals surface area contributed by atoms with Crippen LogP contribution in [0.25, 0.3) is 0 Å². The van der Waals surface area contributed by atoms with Crippen LogP contribution in [0.5, 0.6) is 0 Å². The van der Waals surface area contributed by atoms with Gasteiger partial charge < -0.3 is 24.4 Å². The predicted molar refractivity (Wildman–Crippen MR) is 151 cm³/mol. The van der Waals surface area contributed by atoms with E-state index in [0.717, 1.165) is 13.1 Å². The van der Waals surface area contributed by atoms with Crippen molar-refractivity contribution in [1.82, 2.24) is 10.2 Å². The Bertz CT molecular complexity index is 1110. The zero-order valence-electron chi connectivity index (χ0n) is 24.8. The molecule has 1 aromatic rings. The molecule has 1 N–H and O–H groups in total. The molecule has 0 spiro atoms. The monoisotopic (exact) mass is 569 g/mol. The summed E-state index contributed by atoms with van der Waals surface area (Å²) in [6.45, 7) is 10.8. The highest BCUT2D eigenvalue weighted by Gasteiger charge is 2.43. The Kier molecular flexibility index (Phi) is 11.4. The maximum Gasteiger partial charge on any atom is 0.410 e. The van der Waals surface area contributed by atoms with Gasteiger partial charge in [-0.1, -0.05) is 19.1 Å². The second kappa shape index (κ2) is 14.6. The van der Waals surface area contributed by atoms with Crippen molar-refractivity contribution in [2.75, 3.05) is 26.2 Å². The summed E-state index contributed by atoms with van der Waals surface area (Å²) in [5.41, 5.74) is 0.258. The number of likely N-dealkylation sites (tertiary alicyclic amines) is 1. The molecule has 0 bridgehead atoms. The molecular formula is C31H43N3O7. The number of rotatable bonds is 10. The molecule has 0 aromatic heterocycles. The summed E-state index contributed by atoms with van der Waals surface area (Å²) in [5, 5.41) is 12.3. The van der Waals surface area contributed by atoms with E-state index in [1.165, 1.54) is 6.92 Å². The van der Waals surface area contributed by atoms with Gasteiger partial charge in [0.1, 0.15) is 11.7 Å². The smallest absolute Gasteiger partial charge is 0.410 e. The third-order valence-corrected chi connectivity index (χ3v) is 7.48. The molecule has 10 nitrogen and oxygen atoms in total. The van der Waals surface area contributed by atoms with Crippen LogP contribution in [0, 0.1) is 23.2 Å². The second-order valence-corrected chi connectivity index (χ2v) is 12.0. The van der Waals surface area contributed by atoms with Gasteiger partial charge in [-0.2, -0.15) is 5.26 Å². The molecular weight excluding hydrogens is 526 g/mol. The van der Waals surface area contributed by atoms with Crippen molar-refractivity contribution in [3.63, 3.8) is 0 Å². The lowest BCUT2D eigenvalue weighted by molar-refractivity contribution is -0.175. The molecule has 2 aliphatic heterocycles. The average Bonchev–Trinajstić information content (AvgIpc) is 2.94. The van der Waals surface area contributed by atoms with Crippen LogP contribution in [0.3, 0.4) is 0 Å². The molecule has 0 radical (unpaired) electrons. The fourth-order valence-electron chi connectivity index (χ4n) is 5.29. The third-order valence-electron chi connectivity index (χ3n) is 7.48. The standard InChI is InChI=1S/C31H43N3O7/c1-20(18-26(36)23-8-6-22(19-32)7-9-23)27(37)29(40-25-10-14-33-15-11-25)28(39-21(2)35)24-12-16-34(17-13-24)30(38)41-31(3,4)5/h6-9,20,24-25,28-29,33H,10-18H2,1-5H3/t20?,28-,29?/m1/s1. The van der Waals surface area contributed by atoms with Crippen LogP contribution in [0.2, 0.25) is 0 Å². The molecule has 10 heteroatoms. The van der Waals surface area contributed by atoms with Gasteiger partial charge in [-0.15, -0.1) is 0 Å². The van der Waals surface area contributed by atoms with E-state index in [2.05, 4.69) is 5.32 Å². The SMILES string of the molecule is CC(=O)O[C@H](C1CCN(C(=O)OC(C)(C)C)CC1)C(OC1CCNCC1)C(=O)C(C)CC(=O)c1ccc(C#N)cc1. The molecule has 2 unspecified atom stereocenters. The first-order valence-electron chi connectivity index (χ1n) is 14.5. The number of carbonyl (C=O) groups is 4. The summed E-state index contributed by atoms with van der Waals surface area (Å²) >= 11 is 0. The minimum absolute atomic E-state index is 0.0410. The first-order chi connectivity index (χ1) is 19.4. The Balaban J connectivity index is 1.78. The number of nitrogens with zero attached hydrogens (tertiary/aromatic N) is 2. The summed E-state index contributed by atoms with van der Waals surface area (Å²) in [4.78, 5) is 53.5. The van der Waals surface area contributed by atoms with Crippen LogP contribution >= 0.6 is 0 Å². The summed E-state index contributed by atoms with van der Waals surface area (Å²) < 4.78 is 17.7. The van der Waals surface area contributed by atoms with Crippen LogP contribution in [0.15, 0.2) is 24.3 Å². The van der Waals surface area contributed by atoms with Gasteiger partial charge in [0.25, 0.3) is 0 Å². The summed E-state index contributed by atoms with van der Waals surface area (Å²) in [7, 11) is 0. The van der Waals surface area contributed by atoms with E-state index in [-0.39, 0.29) is 30.0 Å². The number of hydrogen-bond acceptors (Lipinski definition) is 9. The number of hydrogen-bond donors (Lipinski definition) is 1. The number of nitrogens with one attached hydrogen (secondary N) is 1. The summed E-state index contributed by atoms with van der Waals surface area (Å²) in [5.74, 6) is -1.92. The lowest BCUT2D eigenvalue weighted by Crippen LogP contribution is -2.52. The Morgan fingerprint density at radius 2 is 1.66 bits per heavy atom. The quantitative estimate of drug-likeness (QED) is 0.327. The van der Waals surface area contributed by atoms with Crippen LogP contribution in [-0.4, -0.2) is 78.6 Å². The highest BCUT2D eigenvalue weighted by molar-refractivity contribution is 5.99. The van der Waals surface area contributed by atoms with Gasteiger partial charge in [-0.3, -0.25) is 14.4 Å². The van der Waals surface area contributed by atoms with Crippen molar-refractivity contribution in [3.05, 3.63) is 35.4 Å². The molecule has 1 amide bonds. The number of piperidine rings is 2. The second-order valence-electron chi connectivity index (χ2n) is 12.0. The molecule has 2 heterocycles. The van der Waals surface area contributed by atoms with Crippen LogP contribution < -0.4 is 5.32 Å². The maximum absolute atomic E-state index is 14.0. The average molecular weight is 570 g/mol. The lowest BCUT2D eigenvalue weighted by Gasteiger charge is -2.40. The molecule has 2 saturated heterocycles. The first-order valence-corrected chi connectivity index (χ1v) is 14.5. The summed E-state index contributed by atoms with van der Waals surface area (Å²) in [6.07, 6.45) is -0.0596. The van der Waals surface area contributed by atoms with E-state index < -0.39 is 35.8 Å². The van der Waals surface area contributed by atoms with Crippen molar-refractivity contribution >= 4 is 23.6 Å². The number of carbonyl (C=O) groups excluding carboxylic acids is 4. The van der Waals surface area contributed by atoms with Gasteiger partial charge in [-0.05, 0) is 71.7 Å². The first kappa shape index (κ1) is 32.2. The van der Waals surface area contributed by atoms with Crippen LogP contribution in [-0.2, 0) is 23.8 Å². The fraction of sp³-hybridized carbons (Fsp3) is 0.645. The van der Waals surface area contributed by atoms with Gasteiger partial charge >= 0.3 is 12.1 Å². The number of ketones is 2. The third kappa shape index (κ3) is 9.65. The minimum Gasteiger partial charge on any atom is -0.459 e. The normalized spacial score (nSPS) is 19.0. The highest BCUT2D eigenvalue weighted by atomic mass is 16.6. The van der Waals surface area contributed by atoms with Gasteiger partial charge in [0.2, 0.25) is 0 Å². The number of Topliss-reactive ketones (excluding diaryl/α,β-unsaturated/α-hetero) is 2. The molecule has 224 valence electrons. The van der Waals surface area contributed by atoms with Gasteiger partial charge in [-0.25, -0.2) is 4.79 Å². The van der Waals surface area contributed by atoms with Crippen molar-refractivity contribution in [1.29, 1.82) is 5.26 Å². The number of ether oxygens (including phenoxy) is 3. The van der Waals surface area contributed by atoms with Gasteiger partial charge in [0.05, 0.1) is 17.7 Å². The minimum atomic E-state index is -1.04. The van der Waals surface area contributed by atoms with Crippen LogP contribution in [0.1, 0.15) is 82.6 Å². The topological polar surface area (TPSA) is 135 Å². The van der Waals surface area contributed by atoms with E-state index in [0.29, 0.717) is 49.9 Å². The predicted octanol–water partition coefficient (Wildman–Crippen LogP) is 4.05. The Morgan fingerprint density at radius 1 is 1.05 bits per heavy atom. The molecule has 0 aliphatic carbocycles. The Labute approximate surface area is 242 Å². The largest absolute Gasteiger partial charge is 0.459 e. The van der Waals surface area contributed by atoms with Crippen molar-refractivity contribution < 1.29 is 33.4 Å². The van der Waals surface area contributed by atoms with E-state index in [9.17, 15) is 19.2 Å². The van der Waals surface area contributed by atoms with E-state index in [1.54, 1.807) is 36.1 Å². The van der Waals surface area contributed by atoms with Crippen molar-refractivity contribution in [3.8, 4) is 6.07 Å². The number of esters is 1. The zero-order chi connectivity index (χ0) is 30.2. The molecule has 0 saturated carbocycles. The summed E-state index contributed by atoms with van der Waals surface area (Å²) in [6, 6.07) is 8.34. The molecule has 41 heavy (non-hydrogen) atoms. The molecule has 3 rings (SSSR count). The molecule has 1 aromatic carbocycles. The van der Waals surface area contributed by atoms with Gasteiger partial charge in [0.15, 0.2) is 17.7 Å². The zero-order valence-corrected chi connectivity index (χ0v) is 24.8. The molecule has 3 atom stereocenters. The van der Waals surface area contributed by atoms with Crippen molar-refractivity contribution in [2.24, 2.45) is 11.8 Å². The Hall–Kier alpha value is -3.29. The van der Waals surface area contributed by atoms with E-state index >= 15 is 0 Å². The number of nitriles is 1. The lowest BCUT2D eigenvalue weighted by atomic mass is 9.83. The number of benzene rings is 1. The Morgan fingerprint density at radius 3 is 2.20 bits per heavy atom. The highest BCUT2D eigenvalue weighted by Crippen LogP contribution is 2.31. The number of amides is 1. The van der Waals surface area contributed by atoms with Gasteiger partial charge in [0, 0.05) is 43.8 Å². The van der Waals surface area contributed by atoms with E-state index in [4.69, 9.17) is 19.5 Å². The maximum atomic E-state index is 14.0. The fourth-order valence-corrected chi connectivity index (χ4v) is 5.29. The molecule has 2 aliphatic rings. The van der Waals surface area contributed by atoms with Crippen molar-refractivity contribution in [2.45, 2.75) is 90.6 Å². The van der Waals surface area contributed by atoms with E-state index in [1.807, 2.05) is 26.8 Å².